The Kier molecular flexibility index (Phi) is 6.43. The Hall–Kier alpha value is -3.22. The van der Waals surface area contributed by atoms with Gasteiger partial charge in [0.1, 0.15) is 0 Å². The van der Waals surface area contributed by atoms with Gasteiger partial charge in [0.2, 0.25) is 5.91 Å². The van der Waals surface area contributed by atoms with Crippen LogP contribution in [-0.2, 0) is 11.2 Å². The summed E-state index contributed by atoms with van der Waals surface area (Å²) in [6.07, 6.45) is 0.678. The SMILES string of the molecule is COc1cc(C(=O)NCCc2ccc(N)cc2)cc(NC(C)=O)c1OC. The van der Waals surface area contributed by atoms with Crippen LogP contribution in [0.25, 0.3) is 0 Å². The van der Waals surface area contributed by atoms with Crippen LogP contribution in [0.4, 0.5) is 11.4 Å². The Morgan fingerprint density at radius 1 is 1.08 bits per heavy atom. The molecule has 7 nitrogen and oxygen atoms in total. The van der Waals surface area contributed by atoms with Crippen LogP contribution in [0, 0.1) is 0 Å². The van der Waals surface area contributed by atoms with E-state index in [-0.39, 0.29) is 11.8 Å². The summed E-state index contributed by atoms with van der Waals surface area (Å²) in [6.45, 7) is 1.85. The molecule has 2 aromatic rings. The Morgan fingerprint density at radius 2 is 1.77 bits per heavy atom. The van der Waals surface area contributed by atoms with E-state index in [1.807, 2.05) is 24.3 Å². The molecule has 0 aliphatic carbocycles. The fraction of sp³-hybridized carbons (Fsp3) is 0.263. The molecule has 0 saturated carbocycles. The molecule has 0 atom stereocenters. The van der Waals surface area contributed by atoms with Gasteiger partial charge in [0, 0.05) is 24.7 Å². The highest BCUT2D eigenvalue weighted by Gasteiger charge is 2.17. The maximum atomic E-state index is 12.5. The van der Waals surface area contributed by atoms with E-state index in [1.54, 1.807) is 12.1 Å². The molecule has 138 valence electrons. The molecule has 2 aromatic carbocycles. The number of hydrogen-bond acceptors (Lipinski definition) is 5. The predicted molar refractivity (Wildman–Crippen MR) is 101 cm³/mol. The highest BCUT2D eigenvalue weighted by atomic mass is 16.5. The number of rotatable bonds is 7. The zero-order valence-electron chi connectivity index (χ0n) is 15.1. The molecular weight excluding hydrogens is 334 g/mol. The summed E-state index contributed by atoms with van der Waals surface area (Å²) in [6, 6.07) is 10.6. The van der Waals surface area contributed by atoms with Crippen molar-refractivity contribution < 1.29 is 19.1 Å². The Morgan fingerprint density at radius 3 is 2.35 bits per heavy atom. The number of amides is 2. The second-order valence-electron chi connectivity index (χ2n) is 5.69. The van der Waals surface area contributed by atoms with Gasteiger partial charge in [-0.1, -0.05) is 12.1 Å². The van der Waals surface area contributed by atoms with Crippen molar-refractivity contribution in [1.29, 1.82) is 0 Å². The van der Waals surface area contributed by atoms with Gasteiger partial charge in [0.15, 0.2) is 11.5 Å². The fourth-order valence-electron chi connectivity index (χ4n) is 2.48. The van der Waals surface area contributed by atoms with Crippen molar-refractivity contribution in [2.24, 2.45) is 0 Å². The lowest BCUT2D eigenvalue weighted by Gasteiger charge is -2.15. The van der Waals surface area contributed by atoms with E-state index in [2.05, 4.69) is 10.6 Å². The van der Waals surface area contributed by atoms with E-state index in [0.29, 0.717) is 41.4 Å². The molecule has 0 spiro atoms. The average molecular weight is 357 g/mol. The van der Waals surface area contributed by atoms with Crippen LogP contribution in [0.3, 0.4) is 0 Å². The highest BCUT2D eigenvalue weighted by Crippen LogP contribution is 2.36. The van der Waals surface area contributed by atoms with Crippen molar-refractivity contribution in [3.05, 3.63) is 47.5 Å². The van der Waals surface area contributed by atoms with Crippen molar-refractivity contribution in [2.75, 3.05) is 31.8 Å². The van der Waals surface area contributed by atoms with Gasteiger partial charge in [0.05, 0.1) is 19.9 Å². The number of nitrogens with two attached hydrogens (primary N) is 1. The minimum absolute atomic E-state index is 0.270. The van der Waals surface area contributed by atoms with Gasteiger partial charge >= 0.3 is 0 Å². The van der Waals surface area contributed by atoms with Crippen LogP contribution in [0.15, 0.2) is 36.4 Å². The van der Waals surface area contributed by atoms with Crippen LogP contribution in [-0.4, -0.2) is 32.6 Å². The third-order valence-corrected chi connectivity index (χ3v) is 3.73. The zero-order chi connectivity index (χ0) is 19.1. The Labute approximate surface area is 152 Å². The highest BCUT2D eigenvalue weighted by molar-refractivity contribution is 5.99. The zero-order valence-corrected chi connectivity index (χ0v) is 15.1. The largest absolute Gasteiger partial charge is 0.493 e. The standard InChI is InChI=1S/C19H23N3O4/c1-12(23)22-16-10-14(11-17(25-2)18(16)26-3)19(24)21-9-8-13-4-6-15(20)7-5-13/h4-7,10-11H,8-9,20H2,1-3H3,(H,21,24)(H,22,23). The van der Waals surface area contributed by atoms with E-state index in [1.165, 1.54) is 21.1 Å². The first-order chi connectivity index (χ1) is 12.4. The van der Waals surface area contributed by atoms with Crippen molar-refractivity contribution >= 4 is 23.2 Å². The normalized spacial score (nSPS) is 10.1. The summed E-state index contributed by atoms with van der Waals surface area (Å²) in [5.41, 5.74) is 8.18. The molecular formula is C19H23N3O4. The average Bonchev–Trinajstić information content (AvgIpc) is 2.62. The minimum atomic E-state index is -0.272. The van der Waals surface area contributed by atoms with Gasteiger partial charge in [-0.05, 0) is 36.2 Å². The molecule has 0 aromatic heterocycles. The second kappa shape index (κ2) is 8.75. The topological polar surface area (TPSA) is 103 Å². The van der Waals surface area contributed by atoms with Crippen molar-refractivity contribution in [1.82, 2.24) is 5.32 Å². The molecule has 7 heteroatoms. The summed E-state index contributed by atoms with van der Waals surface area (Å²) in [5, 5.41) is 5.50. The number of carbonyl (C=O) groups is 2. The number of nitrogens with one attached hydrogen (secondary N) is 2. The summed E-state index contributed by atoms with van der Waals surface area (Å²) in [5.74, 6) is 0.183. The van der Waals surface area contributed by atoms with E-state index in [9.17, 15) is 9.59 Å². The molecule has 2 rings (SSSR count). The van der Waals surface area contributed by atoms with Crippen molar-refractivity contribution in [2.45, 2.75) is 13.3 Å². The van der Waals surface area contributed by atoms with Gasteiger partial charge in [-0.3, -0.25) is 9.59 Å². The Balaban J connectivity index is 2.11. The third-order valence-electron chi connectivity index (χ3n) is 3.73. The van der Waals surface area contributed by atoms with E-state index in [4.69, 9.17) is 15.2 Å². The first kappa shape index (κ1) is 19.1. The lowest BCUT2D eigenvalue weighted by atomic mass is 10.1. The number of methoxy groups -OCH3 is 2. The summed E-state index contributed by atoms with van der Waals surface area (Å²) in [4.78, 5) is 23.9. The number of anilines is 2. The molecule has 0 unspecified atom stereocenters. The molecule has 0 fully saturated rings. The molecule has 0 saturated heterocycles. The molecule has 0 radical (unpaired) electrons. The van der Waals surface area contributed by atoms with Crippen LogP contribution in [0.5, 0.6) is 11.5 Å². The molecule has 0 aliphatic rings. The summed E-state index contributed by atoms with van der Waals surface area (Å²) in [7, 11) is 2.94. The van der Waals surface area contributed by atoms with Gasteiger partial charge in [-0.15, -0.1) is 0 Å². The van der Waals surface area contributed by atoms with E-state index in [0.717, 1.165) is 5.56 Å². The molecule has 4 N–H and O–H groups in total. The van der Waals surface area contributed by atoms with Gasteiger partial charge in [-0.2, -0.15) is 0 Å². The van der Waals surface area contributed by atoms with Crippen molar-refractivity contribution in [3.8, 4) is 11.5 Å². The monoisotopic (exact) mass is 357 g/mol. The summed E-state index contributed by atoms with van der Waals surface area (Å²) < 4.78 is 10.5. The summed E-state index contributed by atoms with van der Waals surface area (Å²) >= 11 is 0. The van der Waals surface area contributed by atoms with Crippen LogP contribution in [0.2, 0.25) is 0 Å². The lowest BCUT2D eigenvalue weighted by Crippen LogP contribution is -2.26. The number of hydrogen-bond donors (Lipinski definition) is 3. The van der Waals surface area contributed by atoms with E-state index < -0.39 is 0 Å². The minimum Gasteiger partial charge on any atom is -0.493 e. The third kappa shape index (κ3) is 4.89. The maximum absolute atomic E-state index is 12.5. The van der Waals surface area contributed by atoms with Crippen LogP contribution < -0.4 is 25.8 Å². The molecule has 2 amide bonds. The molecule has 0 heterocycles. The van der Waals surface area contributed by atoms with E-state index >= 15 is 0 Å². The lowest BCUT2D eigenvalue weighted by molar-refractivity contribution is -0.114. The van der Waals surface area contributed by atoms with Gasteiger partial charge in [0.25, 0.3) is 5.91 Å². The maximum Gasteiger partial charge on any atom is 0.251 e. The predicted octanol–water partition coefficient (Wildman–Crippen LogP) is 2.22. The molecule has 26 heavy (non-hydrogen) atoms. The first-order valence-electron chi connectivity index (χ1n) is 8.10. The quantitative estimate of drug-likeness (QED) is 0.659. The second-order valence-corrected chi connectivity index (χ2v) is 5.69. The van der Waals surface area contributed by atoms with Gasteiger partial charge in [-0.25, -0.2) is 0 Å². The fourth-order valence-corrected chi connectivity index (χ4v) is 2.48. The Bertz CT molecular complexity index is 788. The first-order valence-corrected chi connectivity index (χ1v) is 8.10. The smallest absolute Gasteiger partial charge is 0.251 e. The number of nitrogen functional groups attached to an aromatic ring is 1. The number of benzene rings is 2. The van der Waals surface area contributed by atoms with Crippen molar-refractivity contribution in [3.63, 3.8) is 0 Å². The van der Waals surface area contributed by atoms with Crippen LogP contribution >= 0.6 is 0 Å². The van der Waals surface area contributed by atoms with Crippen LogP contribution in [0.1, 0.15) is 22.8 Å². The molecule has 0 bridgehead atoms. The number of ether oxygens (including phenoxy) is 2. The van der Waals surface area contributed by atoms with Gasteiger partial charge < -0.3 is 25.8 Å². The number of carbonyl (C=O) groups excluding carboxylic acids is 2. The molecule has 0 aliphatic heterocycles.